The SMILES string of the molecule is CCN1C(=O)CC[C@@H](C(=O)N2CCN(c3ccccn3)CC2)[C@@H]1c1ccccc1. The number of hydrogen-bond acceptors (Lipinski definition) is 4. The monoisotopic (exact) mass is 392 g/mol. The van der Waals surface area contributed by atoms with Crippen molar-refractivity contribution in [2.75, 3.05) is 37.6 Å². The largest absolute Gasteiger partial charge is 0.353 e. The minimum atomic E-state index is -0.184. The highest BCUT2D eigenvalue weighted by molar-refractivity contribution is 5.85. The second-order valence-electron chi connectivity index (χ2n) is 7.68. The average molecular weight is 393 g/mol. The van der Waals surface area contributed by atoms with Crippen LogP contribution in [0, 0.1) is 5.92 Å². The van der Waals surface area contributed by atoms with E-state index in [1.165, 1.54) is 0 Å². The van der Waals surface area contributed by atoms with E-state index in [1.807, 2.05) is 65.3 Å². The summed E-state index contributed by atoms with van der Waals surface area (Å²) in [6.45, 7) is 5.55. The molecule has 0 N–H and O–H groups in total. The van der Waals surface area contributed by atoms with Gasteiger partial charge in [-0.2, -0.15) is 0 Å². The maximum atomic E-state index is 13.5. The molecule has 2 aliphatic heterocycles. The molecule has 152 valence electrons. The molecular formula is C23H28N4O2. The lowest BCUT2D eigenvalue weighted by Crippen LogP contribution is -2.54. The number of hydrogen-bond donors (Lipinski definition) is 0. The molecule has 0 radical (unpaired) electrons. The predicted molar refractivity (Wildman–Crippen MR) is 112 cm³/mol. The minimum Gasteiger partial charge on any atom is -0.353 e. The molecule has 0 unspecified atom stereocenters. The number of carbonyl (C=O) groups excluding carboxylic acids is 2. The summed E-state index contributed by atoms with van der Waals surface area (Å²) in [5.41, 5.74) is 1.05. The van der Waals surface area contributed by atoms with Crippen LogP contribution < -0.4 is 4.90 Å². The van der Waals surface area contributed by atoms with Gasteiger partial charge in [0.1, 0.15) is 5.82 Å². The number of nitrogens with zero attached hydrogens (tertiary/aromatic N) is 4. The molecule has 2 aromatic rings. The van der Waals surface area contributed by atoms with Gasteiger partial charge in [-0.15, -0.1) is 0 Å². The number of piperazine rings is 1. The second kappa shape index (κ2) is 8.64. The number of amides is 2. The van der Waals surface area contributed by atoms with E-state index in [-0.39, 0.29) is 23.8 Å². The summed E-state index contributed by atoms with van der Waals surface area (Å²) in [5, 5.41) is 0. The van der Waals surface area contributed by atoms with Gasteiger partial charge in [-0.05, 0) is 31.0 Å². The number of aromatic nitrogens is 1. The van der Waals surface area contributed by atoms with Crippen LogP contribution in [0.3, 0.4) is 0 Å². The van der Waals surface area contributed by atoms with Crippen LogP contribution in [0.4, 0.5) is 5.82 Å². The van der Waals surface area contributed by atoms with E-state index in [0.717, 1.165) is 24.5 Å². The minimum absolute atomic E-state index is 0.144. The molecule has 2 amide bonds. The maximum absolute atomic E-state index is 13.5. The quantitative estimate of drug-likeness (QED) is 0.803. The van der Waals surface area contributed by atoms with E-state index in [0.29, 0.717) is 32.5 Å². The fourth-order valence-corrected chi connectivity index (χ4v) is 4.58. The Morgan fingerprint density at radius 1 is 1.03 bits per heavy atom. The van der Waals surface area contributed by atoms with E-state index in [4.69, 9.17) is 0 Å². The van der Waals surface area contributed by atoms with Gasteiger partial charge in [0.25, 0.3) is 0 Å². The van der Waals surface area contributed by atoms with Crippen LogP contribution in [-0.4, -0.2) is 59.3 Å². The second-order valence-corrected chi connectivity index (χ2v) is 7.68. The number of benzene rings is 1. The summed E-state index contributed by atoms with van der Waals surface area (Å²) in [4.78, 5) is 36.5. The first kappa shape index (κ1) is 19.4. The Bertz CT molecular complexity index is 834. The number of likely N-dealkylation sites (tertiary alicyclic amines) is 1. The van der Waals surface area contributed by atoms with Gasteiger partial charge in [0.2, 0.25) is 11.8 Å². The van der Waals surface area contributed by atoms with Gasteiger partial charge in [0.15, 0.2) is 0 Å². The van der Waals surface area contributed by atoms with Crippen LogP contribution in [0.15, 0.2) is 54.7 Å². The molecule has 6 heteroatoms. The molecule has 2 atom stereocenters. The third kappa shape index (κ3) is 3.97. The van der Waals surface area contributed by atoms with Crippen molar-refractivity contribution in [2.24, 2.45) is 5.92 Å². The van der Waals surface area contributed by atoms with Crippen molar-refractivity contribution in [1.82, 2.24) is 14.8 Å². The molecule has 2 aliphatic rings. The molecule has 29 heavy (non-hydrogen) atoms. The Morgan fingerprint density at radius 2 is 1.76 bits per heavy atom. The standard InChI is InChI=1S/C23H28N4O2/c1-2-27-21(28)12-11-19(22(27)18-8-4-3-5-9-18)23(29)26-16-14-25(15-17-26)20-10-6-7-13-24-20/h3-10,13,19,22H,2,11-12,14-17H2,1H3/t19-,22+/m1/s1. The Morgan fingerprint density at radius 3 is 2.41 bits per heavy atom. The number of pyridine rings is 1. The van der Waals surface area contributed by atoms with E-state index >= 15 is 0 Å². The highest BCUT2D eigenvalue weighted by atomic mass is 16.2. The molecule has 2 saturated heterocycles. The molecule has 3 heterocycles. The van der Waals surface area contributed by atoms with Gasteiger partial charge in [0.05, 0.1) is 12.0 Å². The smallest absolute Gasteiger partial charge is 0.228 e. The van der Waals surface area contributed by atoms with Gasteiger partial charge in [-0.1, -0.05) is 36.4 Å². The molecule has 4 rings (SSSR count). The van der Waals surface area contributed by atoms with Crippen LogP contribution in [-0.2, 0) is 9.59 Å². The molecule has 0 spiro atoms. The number of anilines is 1. The Hall–Kier alpha value is -2.89. The third-order valence-electron chi connectivity index (χ3n) is 6.07. The maximum Gasteiger partial charge on any atom is 0.228 e. The highest BCUT2D eigenvalue weighted by Gasteiger charge is 2.41. The first-order chi connectivity index (χ1) is 14.2. The molecule has 0 aliphatic carbocycles. The topological polar surface area (TPSA) is 56.8 Å². The average Bonchev–Trinajstić information content (AvgIpc) is 2.79. The van der Waals surface area contributed by atoms with Crippen LogP contribution in [0.25, 0.3) is 0 Å². The fraction of sp³-hybridized carbons (Fsp3) is 0.435. The lowest BCUT2D eigenvalue weighted by molar-refractivity contribution is -0.148. The van der Waals surface area contributed by atoms with Gasteiger partial charge in [-0.3, -0.25) is 9.59 Å². The van der Waals surface area contributed by atoms with Crippen molar-refractivity contribution in [3.05, 3.63) is 60.3 Å². The van der Waals surface area contributed by atoms with Gasteiger partial charge in [0, 0.05) is 45.3 Å². The van der Waals surface area contributed by atoms with Gasteiger partial charge >= 0.3 is 0 Å². The van der Waals surface area contributed by atoms with E-state index in [2.05, 4.69) is 9.88 Å². The van der Waals surface area contributed by atoms with Crippen molar-refractivity contribution >= 4 is 17.6 Å². The first-order valence-electron chi connectivity index (χ1n) is 10.5. The predicted octanol–water partition coefficient (Wildman–Crippen LogP) is 2.73. The highest BCUT2D eigenvalue weighted by Crippen LogP contribution is 2.37. The lowest BCUT2D eigenvalue weighted by atomic mass is 9.83. The van der Waals surface area contributed by atoms with Crippen molar-refractivity contribution in [3.8, 4) is 0 Å². The lowest BCUT2D eigenvalue weighted by Gasteiger charge is -2.43. The normalized spacial score (nSPS) is 22.7. The molecule has 1 aromatic heterocycles. The summed E-state index contributed by atoms with van der Waals surface area (Å²) in [6.07, 6.45) is 2.87. The summed E-state index contributed by atoms with van der Waals surface area (Å²) < 4.78 is 0. The molecule has 1 aromatic carbocycles. The van der Waals surface area contributed by atoms with Crippen molar-refractivity contribution in [1.29, 1.82) is 0 Å². The van der Waals surface area contributed by atoms with Crippen LogP contribution in [0.2, 0.25) is 0 Å². The molecule has 0 bridgehead atoms. The zero-order valence-electron chi connectivity index (χ0n) is 16.9. The summed E-state index contributed by atoms with van der Waals surface area (Å²) >= 11 is 0. The number of piperidine rings is 1. The Balaban J connectivity index is 1.50. The van der Waals surface area contributed by atoms with Crippen LogP contribution >= 0.6 is 0 Å². The van der Waals surface area contributed by atoms with E-state index < -0.39 is 0 Å². The Kier molecular flexibility index (Phi) is 5.79. The zero-order chi connectivity index (χ0) is 20.2. The molecular weight excluding hydrogens is 364 g/mol. The van der Waals surface area contributed by atoms with Crippen molar-refractivity contribution in [3.63, 3.8) is 0 Å². The van der Waals surface area contributed by atoms with Crippen molar-refractivity contribution in [2.45, 2.75) is 25.8 Å². The van der Waals surface area contributed by atoms with Gasteiger partial charge in [-0.25, -0.2) is 4.98 Å². The Labute approximate surface area is 172 Å². The van der Waals surface area contributed by atoms with Crippen LogP contribution in [0.5, 0.6) is 0 Å². The van der Waals surface area contributed by atoms with Gasteiger partial charge < -0.3 is 14.7 Å². The van der Waals surface area contributed by atoms with E-state index in [9.17, 15) is 9.59 Å². The van der Waals surface area contributed by atoms with E-state index in [1.54, 1.807) is 6.20 Å². The molecule has 0 saturated carbocycles. The summed E-state index contributed by atoms with van der Waals surface area (Å²) in [5.74, 6) is 1.09. The van der Waals surface area contributed by atoms with Crippen LogP contribution in [0.1, 0.15) is 31.4 Å². The third-order valence-corrected chi connectivity index (χ3v) is 6.07. The zero-order valence-corrected chi connectivity index (χ0v) is 16.9. The fourth-order valence-electron chi connectivity index (χ4n) is 4.58. The number of rotatable bonds is 4. The summed E-state index contributed by atoms with van der Waals surface area (Å²) in [7, 11) is 0. The summed E-state index contributed by atoms with van der Waals surface area (Å²) in [6, 6.07) is 15.7. The molecule has 6 nitrogen and oxygen atoms in total. The first-order valence-corrected chi connectivity index (χ1v) is 10.5. The van der Waals surface area contributed by atoms with Crippen molar-refractivity contribution < 1.29 is 9.59 Å². The number of carbonyl (C=O) groups is 2. The molecule has 2 fully saturated rings.